The van der Waals surface area contributed by atoms with E-state index in [4.69, 9.17) is 9.15 Å². The molecule has 0 fully saturated rings. The van der Waals surface area contributed by atoms with Gasteiger partial charge in [-0.2, -0.15) is 0 Å². The first-order valence-corrected chi connectivity index (χ1v) is 12.3. The number of hydrogen-bond acceptors (Lipinski definition) is 3. The van der Waals surface area contributed by atoms with Crippen molar-refractivity contribution in [2.75, 3.05) is 6.61 Å². The molecule has 5 nitrogen and oxygen atoms in total. The maximum absolute atomic E-state index is 15.8. The highest BCUT2D eigenvalue weighted by Gasteiger charge is 2.54. The molecule has 5 heterocycles. The van der Waals surface area contributed by atoms with E-state index in [1.54, 1.807) is 50.3 Å². The molecule has 0 radical (unpaired) electrons. The zero-order valence-electron chi connectivity index (χ0n) is 21.1. The summed E-state index contributed by atoms with van der Waals surface area (Å²) in [6.07, 6.45) is 5.84. The lowest BCUT2D eigenvalue weighted by Gasteiger charge is -2.33. The topological polar surface area (TPSA) is 47.4 Å². The fourth-order valence-corrected chi connectivity index (χ4v) is 5.72. The summed E-state index contributed by atoms with van der Waals surface area (Å²) in [5.74, 6) is 6.19. The number of ether oxygens (including phenoxy) is 1. The van der Waals surface area contributed by atoms with Crippen LogP contribution in [-0.4, -0.2) is 28.3 Å². The molecular formula is C29H25BF2N2O3. The molecule has 0 atom stereocenters. The Kier molecular flexibility index (Phi) is 5.25. The van der Waals surface area contributed by atoms with Crippen LogP contribution in [0.5, 0.6) is 0 Å². The number of nitrogens with zero attached hydrogens (tertiary/aromatic N) is 2. The van der Waals surface area contributed by atoms with Gasteiger partial charge < -0.3 is 26.7 Å². The molecule has 3 aromatic rings. The monoisotopic (exact) mass is 498 g/mol. The third kappa shape index (κ3) is 3.57. The van der Waals surface area contributed by atoms with Crippen LogP contribution in [-0.2, 0) is 11.3 Å². The average Bonchev–Trinajstić information content (AvgIpc) is 3.29. The van der Waals surface area contributed by atoms with Crippen LogP contribution in [0.15, 0.2) is 56.9 Å². The van der Waals surface area contributed by atoms with E-state index in [2.05, 4.69) is 11.8 Å². The van der Waals surface area contributed by atoms with Gasteiger partial charge in [-0.25, -0.2) is 4.79 Å². The van der Waals surface area contributed by atoms with E-state index < -0.39 is 12.6 Å². The van der Waals surface area contributed by atoms with Crippen molar-refractivity contribution in [3.63, 3.8) is 0 Å². The summed E-state index contributed by atoms with van der Waals surface area (Å²) >= 11 is 0. The van der Waals surface area contributed by atoms with Crippen molar-refractivity contribution in [1.29, 1.82) is 0 Å². The molecule has 0 bridgehead atoms. The lowest BCUT2D eigenvalue weighted by molar-refractivity contribution is -0.363. The van der Waals surface area contributed by atoms with Crippen LogP contribution in [0.4, 0.5) is 8.63 Å². The number of aromatic nitrogens is 1. The van der Waals surface area contributed by atoms with Crippen LogP contribution in [0.25, 0.3) is 22.6 Å². The Morgan fingerprint density at radius 2 is 1.92 bits per heavy atom. The zero-order valence-corrected chi connectivity index (χ0v) is 21.1. The summed E-state index contributed by atoms with van der Waals surface area (Å²) in [5, 5.41) is 0.748. The summed E-state index contributed by atoms with van der Waals surface area (Å²) in [5.41, 5.74) is 6.08. The standard InChI is InChI=1S/C29H25BF2N2O3/c1-17-11-19(3)33-27(17)25(28-18(2)12-20(4)34(28)30(33,31)32)9-8-22-13-23-14-24-16-36-10-6-5-7-21(24)15-26(23)37-29(22)35/h8-9,11-15H,6,10,16H2,1-4H3. The van der Waals surface area contributed by atoms with Crippen LogP contribution >= 0.6 is 0 Å². The minimum Gasteiger partial charge on any atom is -0.422 e. The normalized spacial score (nSPS) is 18.3. The molecule has 0 saturated carbocycles. The quantitative estimate of drug-likeness (QED) is 0.264. The Labute approximate surface area is 213 Å². The van der Waals surface area contributed by atoms with Crippen LogP contribution in [0.3, 0.4) is 0 Å². The number of hydrogen-bond donors (Lipinski definition) is 0. The number of allylic oxidation sites excluding steroid dienone is 4. The molecule has 0 N–H and O–H groups in total. The van der Waals surface area contributed by atoms with Gasteiger partial charge in [-0.15, -0.1) is 0 Å². The van der Waals surface area contributed by atoms with E-state index in [0.29, 0.717) is 59.2 Å². The summed E-state index contributed by atoms with van der Waals surface area (Å²) in [4.78, 5) is 12.9. The van der Waals surface area contributed by atoms with Gasteiger partial charge in [0.25, 0.3) is 0 Å². The molecule has 3 aliphatic heterocycles. The van der Waals surface area contributed by atoms with E-state index in [-0.39, 0.29) is 0 Å². The maximum Gasteiger partial charge on any atom is 0.737 e. The van der Waals surface area contributed by atoms with E-state index in [9.17, 15) is 4.79 Å². The zero-order chi connectivity index (χ0) is 26.1. The summed E-state index contributed by atoms with van der Waals surface area (Å²) in [6.45, 7) is 4.02. The second-order valence-corrected chi connectivity index (χ2v) is 9.85. The second-order valence-electron chi connectivity index (χ2n) is 9.85. The minimum absolute atomic E-state index is 0.334. The van der Waals surface area contributed by atoms with Crippen molar-refractivity contribution >= 4 is 35.3 Å². The second kappa shape index (κ2) is 8.29. The van der Waals surface area contributed by atoms with Crippen molar-refractivity contribution < 1.29 is 22.3 Å². The first-order chi connectivity index (χ1) is 17.7. The molecule has 0 unspecified atom stereocenters. The number of aryl methyl sites for hydroxylation is 2. The minimum atomic E-state index is -4.05. The summed E-state index contributed by atoms with van der Waals surface area (Å²) < 4.78 is 45.1. The Hall–Kier alpha value is -3.96. The number of fused-ring (bicyclic) bond motifs is 4. The molecule has 3 aliphatic rings. The van der Waals surface area contributed by atoms with Crippen molar-refractivity contribution in [3.05, 3.63) is 91.7 Å². The van der Waals surface area contributed by atoms with Crippen molar-refractivity contribution in [2.24, 2.45) is 0 Å². The van der Waals surface area contributed by atoms with E-state index in [0.717, 1.165) is 36.6 Å². The fraction of sp³-hybridized carbons (Fsp3) is 0.241. The highest BCUT2D eigenvalue weighted by atomic mass is 19.2. The van der Waals surface area contributed by atoms with Gasteiger partial charge in [-0.3, -0.25) is 0 Å². The molecule has 1 aromatic carbocycles. The summed E-state index contributed by atoms with van der Waals surface area (Å²) in [7, 11) is 0. The van der Waals surface area contributed by atoms with Crippen molar-refractivity contribution in [2.45, 2.75) is 40.7 Å². The predicted molar refractivity (Wildman–Crippen MR) is 142 cm³/mol. The first-order valence-electron chi connectivity index (χ1n) is 12.3. The first kappa shape index (κ1) is 23.4. The molecule has 2 aromatic heterocycles. The SMILES string of the molecule is CC1=CC(C)=[N+]2C1=C(C=Cc1cc3cc4c(cc3oc1=O)C#CCCOC4)c1c(C)cc(C)n1[B-]2(F)F. The van der Waals surface area contributed by atoms with Gasteiger partial charge in [0.1, 0.15) is 11.3 Å². The number of halogens is 2. The van der Waals surface area contributed by atoms with E-state index >= 15 is 8.63 Å². The fourth-order valence-electron chi connectivity index (χ4n) is 5.72. The van der Waals surface area contributed by atoms with Gasteiger partial charge in [-0.05, 0) is 74.0 Å². The van der Waals surface area contributed by atoms with Crippen LogP contribution in [0, 0.1) is 25.7 Å². The van der Waals surface area contributed by atoms with Gasteiger partial charge >= 0.3 is 12.6 Å². The van der Waals surface area contributed by atoms with Gasteiger partial charge in [0.2, 0.25) is 0 Å². The molecule has 186 valence electrons. The predicted octanol–water partition coefficient (Wildman–Crippen LogP) is 5.58. The van der Waals surface area contributed by atoms with E-state index in [1.807, 2.05) is 19.9 Å². The van der Waals surface area contributed by atoms with Crippen molar-refractivity contribution in [3.8, 4) is 11.8 Å². The molecule has 8 heteroatoms. The molecule has 37 heavy (non-hydrogen) atoms. The molecule has 0 spiro atoms. The van der Waals surface area contributed by atoms with Gasteiger partial charge in [0.15, 0.2) is 5.70 Å². The van der Waals surface area contributed by atoms with Crippen LogP contribution in [0.2, 0.25) is 0 Å². The Bertz CT molecular complexity index is 1770. The summed E-state index contributed by atoms with van der Waals surface area (Å²) in [6, 6.07) is 7.25. The number of rotatable bonds is 2. The molecule has 0 saturated heterocycles. The van der Waals surface area contributed by atoms with Crippen LogP contribution < -0.4 is 5.63 Å². The lowest BCUT2D eigenvalue weighted by atomic mass is 9.86. The maximum atomic E-state index is 15.8. The number of benzene rings is 1. The molecule has 6 rings (SSSR count). The third-order valence-corrected chi connectivity index (χ3v) is 7.24. The van der Waals surface area contributed by atoms with E-state index in [1.165, 1.54) is 0 Å². The van der Waals surface area contributed by atoms with Crippen molar-refractivity contribution in [1.82, 2.24) is 4.48 Å². The van der Waals surface area contributed by atoms with Gasteiger partial charge in [0, 0.05) is 41.6 Å². The Balaban J connectivity index is 1.52. The van der Waals surface area contributed by atoms with Crippen LogP contribution in [0.1, 0.15) is 53.9 Å². The smallest absolute Gasteiger partial charge is 0.422 e. The highest BCUT2D eigenvalue weighted by Crippen LogP contribution is 2.42. The molecule has 0 amide bonds. The Morgan fingerprint density at radius 3 is 2.73 bits per heavy atom. The molecular weight excluding hydrogens is 473 g/mol. The lowest BCUT2D eigenvalue weighted by Crippen LogP contribution is -2.51. The Morgan fingerprint density at radius 1 is 1.11 bits per heavy atom. The largest absolute Gasteiger partial charge is 0.737 e. The van der Waals surface area contributed by atoms with Gasteiger partial charge in [0.05, 0.1) is 24.4 Å². The average molecular weight is 498 g/mol. The molecule has 0 aliphatic carbocycles. The third-order valence-electron chi connectivity index (χ3n) is 7.24. The van der Waals surface area contributed by atoms with Gasteiger partial charge in [-0.1, -0.05) is 11.8 Å². The highest BCUT2D eigenvalue weighted by molar-refractivity contribution is 6.58.